The van der Waals surface area contributed by atoms with Crippen LogP contribution in [0.4, 0.5) is 0 Å². The van der Waals surface area contributed by atoms with Crippen LogP contribution in [0.2, 0.25) is 0 Å². The van der Waals surface area contributed by atoms with Gasteiger partial charge in [-0.1, -0.05) is 0 Å². The van der Waals surface area contributed by atoms with E-state index in [1.54, 1.807) is 11.3 Å². The van der Waals surface area contributed by atoms with E-state index in [4.69, 9.17) is 0 Å². The van der Waals surface area contributed by atoms with Gasteiger partial charge < -0.3 is 0 Å². The summed E-state index contributed by atoms with van der Waals surface area (Å²) in [5.74, 6) is 0. The summed E-state index contributed by atoms with van der Waals surface area (Å²) in [6.07, 6.45) is 2.64. The van der Waals surface area contributed by atoms with Gasteiger partial charge in [0, 0.05) is 22.5 Å². The van der Waals surface area contributed by atoms with Crippen LogP contribution in [-0.2, 0) is 16.6 Å². The van der Waals surface area contributed by atoms with Crippen LogP contribution in [0, 0.1) is 13.8 Å². The summed E-state index contributed by atoms with van der Waals surface area (Å²) in [6, 6.07) is 2.00. The first-order valence-electron chi connectivity index (χ1n) is 5.03. The van der Waals surface area contributed by atoms with Gasteiger partial charge in [0.25, 0.3) is 0 Å². The van der Waals surface area contributed by atoms with Crippen molar-refractivity contribution in [3.8, 4) is 0 Å². The predicted molar refractivity (Wildman–Crippen MR) is 66.4 cm³/mol. The summed E-state index contributed by atoms with van der Waals surface area (Å²) in [5, 5.41) is 6.10. The lowest BCUT2D eigenvalue weighted by Crippen LogP contribution is -2.22. The molecule has 0 unspecified atom stereocenters. The summed E-state index contributed by atoms with van der Waals surface area (Å²) in [4.78, 5) is 2.37. The zero-order chi connectivity index (χ0) is 12.5. The van der Waals surface area contributed by atoms with Crippen molar-refractivity contribution in [2.75, 3.05) is 0 Å². The maximum atomic E-state index is 11.8. The van der Waals surface area contributed by atoms with Gasteiger partial charge >= 0.3 is 0 Å². The van der Waals surface area contributed by atoms with Crippen LogP contribution >= 0.6 is 11.3 Å². The van der Waals surface area contributed by atoms with Crippen LogP contribution in [-0.4, -0.2) is 18.6 Å². The maximum absolute atomic E-state index is 11.8. The fraction of sp³-hybridized carbons (Fsp3) is 0.300. The number of aromatic nitrogens is 2. The SMILES string of the molecule is Cc1cc(CNS(=O)(=O)c2cn[nH]c2)sc1C. The normalized spacial score (nSPS) is 11.9. The van der Waals surface area contributed by atoms with E-state index in [-0.39, 0.29) is 4.90 Å². The van der Waals surface area contributed by atoms with E-state index in [0.717, 1.165) is 4.88 Å². The van der Waals surface area contributed by atoms with Gasteiger partial charge in [0.1, 0.15) is 4.90 Å². The summed E-state index contributed by atoms with van der Waals surface area (Å²) < 4.78 is 26.1. The van der Waals surface area contributed by atoms with Crippen molar-refractivity contribution < 1.29 is 8.42 Å². The van der Waals surface area contributed by atoms with E-state index in [0.29, 0.717) is 6.54 Å². The Balaban J connectivity index is 2.08. The average molecular weight is 271 g/mol. The van der Waals surface area contributed by atoms with E-state index >= 15 is 0 Å². The second-order valence-electron chi connectivity index (χ2n) is 3.71. The zero-order valence-corrected chi connectivity index (χ0v) is 11.2. The van der Waals surface area contributed by atoms with Crippen molar-refractivity contribution in [2.24, 2.45) is 0 Å². The largest absolute Gasteiger partial charge is 0.284 e. The Hall–Kier alpha value is -1.18. The van der Waals surface area contributed by atoms with E-state index in [9.17, 15) is 8.42 Å². The third-order valence-electron chi connectivity index (χ3n) is 2.44. The van der Waals surface area contributed by atoms with Gasteiger partial charge in [-0.2, -0.15) is 5.10 Å². The Morgan fingerprint density at radius 2 is 2.24 bits per heavy atom. The van der Waals surface area contributed by atoms with Gasteiger partial charge in [-0.05, 0) is 25.5 Å². The smallest absolute Gasteiger partial charge is 0.244 e. The third kappa shape index (κ3) is 2.74. The molecule has 0 aliphatic rings. The second kappa shape index (κ2) is 4.59. The first-order chi connectivity index (χ1) is 7.99. The van der Waals surface area contributed by atoms with Crippen LogP contribution in [0.15, 0.2) is 23.4 Å². The quantitative estimate of drug-likeness (QED) is 0.886. The monoisotopic (exact) mass is 271 g/mol. The summed E-state index contributed by atoms with van der Waals surface area (Å²) in [5.41, 5.74) is 1.19. The molecular weight excluding hydrogens is 258 g/mol. The van der Waals surface area contributed by atoms with Crippen LogP contribution in [0.25, 0.3) is 0 Å². The average Bonchev–Trinajstić information content (AvgIpc) is 2.87. The molecule has 0 radical (unpaired) electrons. The predicted octanol–water partition coefficient (Wildman–Crippen LogP) is 1.57. The summed E-state index contributed by atoms with van der Waals surface area (Å²) in [6.45, 7) is 4.35. The molecule has 7 heteroatoms. The van der Waals surface area contributed by atoms with E-state index < -0.39 is 10.0 Å². The third-order valence-corrected chi connectivity index (χ3v) is 4.96. The lowest BCUT2D eigenvalue weighted by Gasteiger charge is -2.02. The van der Waals surface area contributed by atoms with Gasteiger partial charge in [0.15, 0.2) is 0 Å². The van der Waals surface area contributed by atoms with Gasteiger partial charge in [0.05, 0.1) is 6.20 Å². The minimum absolute atomic E-state index is 0.155. The minimum atomic E-state index is -3.46. The molecule has 5 nitrogen and oxygen atoms in total. The highest BCUT2D eigenvalue weighted by atomic mass is 32.2. The fourth-order valence-electron chi connectivity index (χ4n) is 1.37. The molecule has 17 heavy (non-hydrogen) atoms. The Kier molecular flexibility index (Phi) is 3.32. The number of hydrogen-bond donors (Lipinski definition) is 2. The lowest BCUT2D eigenvalue weighted by molar-refractivity contribution is 0.582. The summed E-state index contributed by atoms with van der Waals surface area (Å²) >= 11 is 1.60. The highest BCUT2D eigenvalue weighted by Crippen LogP contribution is 2.20. The van der Waals surface area contributed by atoms with Gasteiger partial charge in [-0.3, -0.25) is 5.10 Å². The maximum Gasteiger partial charge on any atom is 0.244 e. The molecule has 0 saturated heterocycles. The summed E-state index contributed by atoms with van der Waals surface area (Å²) in [7, 11) is -3.46. The number of nitrogens with one attached hydrogen (secondary N) is 2. The molecule has 0 aliphatic carbocycles. The molecule has 0 spiro atoms. The molecule has 92 valence electrons. The van der Waals surface area contributed by atoms with Crippen molar-refractivity contribution in [3.63, 3.8) is 0 Å². The first-order valence-corrected chi connectivity index (χ1v) is 7.33. The van der Waals surface area contributed by atoms with Gasteiger partial charge in [0.2, 0.25) is 10.0 Å². The van der Waals surface area contributed by atoms with E-state index in [1.165, 1.54) is 22.8 Å². The van der Waals surface area contributed by atoms with Crippen LogP contribution in [0.1, 0.15) is 15.3 Å². The van der Waals surface area contributed by atoms with Crippen molar-refractivity contribution in [2.45, 2.75) is 25.3 Å². The molecule has 0 amide bonds. The van der Waals surface area contributed by atoms with Crippen LogP contribution < -0.4 is 4.72 Å². The van der Waals surface area contributed by atoms with Crippen LogP contribution in [0.5, 0.6) is 0 Å². The molecule has 0 bridgehead atoms. The van der Waals surface area contributed by atoms with Crippen LogP contribution in [0.3, 0.4) is 0 Å². The molecule has 0 saturated carbocycles. The molecule has 0 aliphatic heterocycles. The van der Waals surface area contributed by atoms with Gasteiger partial charge in [-0.15, -0.1) is 11.3 Å². The van der Waals surface area contributed by atoms with Gasteiger partial charge in [-0.25, -0.2) is 13.1 Å². The van der Waals surface area contributed by atoms with Crippen molar-refractivity contribution in [1.82, 2.24) is 14.9 Å². The molecule has 0 aromatic carbocycles. The Morgan fingerprint density at radius 3 is 2.76 bits per heavy atom. The molecule has 2 rings (SSSR count). The highest BCUT2D eigenvalue weighted by Gasteiger charge is 2.15. The molecule has 0 atom stereocenters. The number of aryl methyl sites for hydroxylation is 2. The molecule has 2 aromatic heterocycles. The molecule has 2 N–H and O–H groups in total. The number of nitrogens with zero attached hydrogens (tertiary/aromatic N) is 1. The number of aromatic amines is 1. The van der Waals surface area contributed by atoms with E-state index in [1.807, 2.05) is 19.9 Å². The minimum Gasteiger partial charge on any atom is -0.284 e. The number of sulfonamides is 1. The molecule has 2 aromatic rings. The first kappa shape index (κ1) is 12.3. The number of hydrogen-bond acceptors (Lipinski definition) is 4. The standard InChI is InChI=1S/C10H13N3O2S2/c1-7-3-9(16-8(7)2)4-13-17(14,15)10-5-11-12-6-10/h3,5-6,13H,4H2,1-2H3,(H,11,12). The fourth-order valence-corrected chi connectivity index (χ4v) is 3.37. The number of H-pyrrole nitrogens is 1. The second-order valence-corrected chi connectivity index (χ2v) is 6.82. The van der Waals surface area contributed by atoms with Crippen molar-refractivity contribution in [3.05, 3.63) is 33.8 Å². The molecule has 0 fully saturated rings. The van der Waals surface area contributed by atoms with E-state index in [2.05, 4.69) is 14.9 Å². The Labute approximate surface area is 104 Å². The number of rotatable bonds is 4. The zero-order valence-electron chi connectivity index (χ0n) is 9.52. The van der Waals surface area contributed by atoms with Crippen molar-refractivity contribution in [1.29, 1.82) is 0 Å². The molecular formula is C10H13N3O2S2. The lowest BCUT2D eigenvalue weighted by atomic mass is 10.3. The molecule has 2 heterocycles. The Bertz CT molecular complexity index is 580. The topological polar surface area (TPSA) is 74.8 Å². The number of thiophene rings is 1. The Morgan fingerprint density at radius 1 is 1.47 bits per heavy atom. The van der Waals surface area contributed by atoms with Crippen molar-refractivity contribution >= 4 is 21.4 Å². The highest BCUT2D eigenvalue weighted by molar-refractivity contribution is 7.89.